The normalized spacial score (nSPS) is 15.4. The van der Waals surface area contributed by atoms with Gasteiger partial charge in [-0.25, -0.2) is 0 Å². The number of aryl methyl sites for hydroxylation is 1. The molecule has 5 nitrogen and oxygen atoms in total. The fourth-order valence-corrected chi connectivity index (χ4v) is 4.02. The van der Waals surface area contributed by atoms with Crippen molar-refractivity contribution in [3.63, 3.8) is 0 Å². The third-order valence-electron chi connectivity index (χ3n) is 4.21. The molecular weight excluding hydrogens is 398 g/mol. The van der Waals surface area contributed by atoms with Crippen LogP contribution in [0.25, 0.3) is 6.08 Å². The number of rotatable bonds is 6. The number of carbonyl (C=O) groups is 2. The molecule has 2 aromatic rings. The van der Waals surface area contributed by atoms with Gasteiger partial charge in [-0.05, 0) is 54.9 Å². The van der Waals surface area contributed by atoms with E-state index < -0.39 is 0 Å². The second-order valence-electron chi connectivity index (χ2n) is 6.24. The first-order valence-electron chi connectivity index (χ1n) is 8.74. The molecule has 0 unspecified atom stereocenters. The number of benzene rings is 2. The van der Waals surface area contributed by atoms with Gasteiger partial charge in [0.05, 0.1) is 17.0 Å². The third kappa shape index (κ3) is 4.34. The van der Waals surface area contributed by atoms with E-state index in [2.05, 4.69) is 0 Å². The van der Waals surface area contributed by atoms with Crippen molar-refractivity contribution in [3.8, 4) is 11.5 Å². The van der Waals surface area contributed by atoms with Crippen molar-refractivity contribution in [3.05, 3.63) is 63.0 Å². The SMILES string of the molecule is CCN1C(=O)S/C(=C/c2cc(Cl)c(OCc3cccc(C)c3)c(OC)c2)C1=O. The van der Waals surface area contributed by atoms with Crippen LogP contribution in [0, 0.1) is 6.92 Å². The molecule has 1 saturated heterocycles. The van der Waals surface area contributed by atoms with Crippen LogP contribution in [0.2, 0.25) is 5.02 Å². The molecule has 2 amide bonds. The van der Waals surface area contributed by atoms with E-state index in [9.17, 15) is 9.59 Å². The number of hydrogen-bond donors (Lipinski definition) is 0. The molecule has 0 spiro atoms. The Hall–Kier alpha value is -2.44. The molecule has 7 heteroatoms. The minimum absolute atomic E-state index is 0.269. The van der Waals surface area contributed by atoms with Gasteiger partial charge in [0.25, 0.3) is 11.1 Å². The van der Waals surface area contributed by atoms with Crippen LogP contribution in [0.5, 0.6) is 11.5 Å². The molecule has 1 aliphatic heterocycles. The Bertz CT molecular complexity index is 957. The maximum atomic E-state index is 12.3. The van der Waals surface area contributed by atoms with Crippen LogP contribution >= 0.6 is 23.4 Å². The van der Waals surface area contributed by atoms with Crippen molar-refractivity contribution in [1.29, 1.82) is 0 Å². The first-order valence-corrected chi connectivity index (χ1v) is 9.93. The van der Waals surface area contributed by atoms with Crippen LogP contribution in [0.15, 0.2) is 41.3 Å². The Morgan fingerprint density at radius 3 is 2.64 bits per heavy atom. The lowest BCUT2D eigenvalue weighted by Crippen LogP contribution is -2.27. The van der Waals surface area contributed by atoms with Gasteiger partial charge in [0.15, 0.2) is 11.5 Å². The molecule has 0 aliphatic carbocycles. The van der Waals surface area contributed by atoms with E-state index in [-0.39, 0.29) is 11.1 Å². The highest BCUT2D eigenvalue weighted by atomic mass is 35.5. The highest BCUT2D eigenvalue weighted by Crippen LogP contribution is 2.39. The molecule has 2 aromatic carbocycles. The molecule has 28 heavy (non-hydrogen) atoms. The predicted molar refractivity (Wildman–Crippen MR) is 112 cm³/mol. The lowest BCUT2D eigenvalue weighted by molar-refractivity contribution is -0.122. The first-order chi connectivity index (χ1) is 13.4. The summed E-state index contributed by atoms with van der Waals surface area (Å²) in [6.45, 7) is 4.48. The summed E-state index contributed by atoms with van der Waals surface area (Å²) in [5.74, 6) is 0.595. The van der Waals surface area contributed by atoms with Crippen molar-refractivity contribution >= 4 is 40.6 Å². The standard InChI is InChI=1S/C21H20ClNO4S/c1-4-23-20(24)18(28-21(23)25)11-15-9-16(22)19(17(10-15)26-3)27-12-14-7-5-6-13(2)8-14/h5-11H,4,12H2,1-3H3/b18-11+. The molecule has 0 saturated carbocycles. The number of carbonyl (C=O) groups excluding carboxylic acids is 2. The predicted octanol–water partition coefficient (Wildman–Crippen LogP) is 5.29. The molecule has 1 heterocycles. The summed E-state index contributed by atoms with van der Waals surface area (Å²) in [6, 6.07) is 11.4. The van der Waals surface area contributed by atoms with Crippen molar-refractivity contribution in [2.24, 2.45) is 0 Å². The van der Waals surface area contributed by atoms with E-state index in [0.717, 1.165) is 22.9 Å². The van der Waals surface area contributed by atoms with Crippen molar-refractivity contribution in [2.75, 3.05) is 13.7 Å². The molecule has 0 aromatic heterocycles. The third-order valence-corrected chi connectivity index (χ3v) is 5.39. The fourth-order valence-electron chi connectivity index (χ4n) is 2.84. The van der Waals surface area contributed by atoms with E-state index in [1.165, 1.54) is 12.0 Å². The monoisotopic (exact) mass is 417 g/mol. The van der Waals surface area contributed by atoms with Crippen molar-refractivity contribution in [2.45, 2.75) is 20.5 Å². The van der Waals surface area contributed by atoms with E-state index in [1.54, 1.807) is 25.1 Å². The average molecular weight is 418 g/mol. The Morgan fingerprint density at radius 1 is 1.21 bits per heavy atom. The molecule has 0 bridgehead atoms. The summed E-state index contributed by atoms with van der Waals surface area (Å²) in [5.41, 5.74) is 2.83. The molecule has 1 aliphatic rings. The van der Waals surface area contributed by atoms with Gasteiger partial charge in [0.2, 0.25) is 0 Å². The highest BCUT2D eigenvalue weighted by Gasteiger charge is 2.33. The highest BCUT2D eigenvalue weighted by molar-refractivity contribution is 8.18. The Kier molecular flexibility index (Phi) is 6.31. The number of ether oxygens (including phenoxy) is 2. The summed E-state index contributed by atoms with van der Waals surface area (Å²) in [5, 5.41) is 0.0999. The van der Waals surface area contributed by atoms with E-state index >= 15 is 0 Å². The van der Waals surface area contributed by atoms with Crippen LogP contribution < -0.4 is 9.47 Å². The minimum Gasteiger partial charge on any atom is -0.493 e. The van der Waals surface area contributed by atoms with Gasteiger partial charge in [-0.3, -0.25) is 14.5 Å². The minimum atomic E-state index is -0.299. The zero-order valence-corrected chi connectivity index (χ0v) is 17.4. The van der Waals surface area contributed by atoms with E-state index in [0.29, 0.717) is 40.1 Å². The topological polar surface area (TPSA) is 55.8 Å². The quantitative estimate of drug-likeness (QED) is 0.597. The van der Waals surface area contributed by atoms with Crippen LogP contribution in [0.3, 0.4) is 0 Å². The summed E-state index contributed by atoms with van der Waals surface area (Å²) >= 11 is 7.33. The Labute approximate surface area is 173 Å². The van der Waals surface area contributed by atoms with Gasteiger partial charge in [-0.1, -0.05) is 41.4 Å². The first kappa shape index (κ1) is 20.3. The lowest BCUT2D eigenvalue weighted by atomic mass is 10.1. The zero-order valence-electron chi connectivity index (χ0n) is 15.8. The maximum absolute atomic E-state index is 12.3. The number of thioether (sulfide) groups is 1. The van der Waals surface area contributed by atoms with Gasteiger partial charge in [-0.15, -0.1) is 0 Å². The van der Waals surface area contributed by atoms with Crippen molar-refractivity contribution < 1.29 is 19.1 Å². The summed E-state index contributed by atoms with van der Waals surface area (Å²) < 4.78 is 11.3. The van der Waals surface area contributed by atoms with Gasteiger partial charge in [-0.2, -0.15) is 0 Å². The molecule has 0 N–H and O–H groups in total. The molecule has 0 radical (unpaired) electrons. The van der Waals surface area contributed by atoms with E-state index in [1.807, 2.05) is 31.2 Å². The smallest absolute Gasteiger partial charge is 0.293 e. The number of nitrogens with zero attached hydrogens (tertiary/aromatic N) is 1. The molecule has 146 valence electrons. The van der Waals surface area contributed by atoms with Crippen LogP contribution in [-0.2, 0) is 11.4 Å². The number of imide groups is 1. The second-order valence-corrected chi connectivity index (χ2v) is 7.64. The summed E-state index contributed by atoms with van der Waals surface area (Å²) in [7, 11) is 1.53. The number of methoxy groups -OCH3 is 1. The van der Waals surface area contributed by atoms with E-state index in [4.69, 9.17) is 21.1 Å². The second kappa shape index (κ2) is 8.71. The van der Waals surface area contributed by atoms with Gasteiger partial charge < -0.3 is 9.47 Å². The summed E-state index contributed by atoms with van der Waals surface area (Å²) in [4.78, 5) is 25.7. The largest absolute Gasteiger partial charge is 0.493 e. The van der Waals surface area contributed by atoms with Gasteiger partial charge in [0, 0.05) is 6.54 Å². The Balaban J connectivity index is 1.85. The Morgan fingerprint density at radius 2 is 2.00 bits per heavy atom. The van der Waals surface area contributed by atoms with Crippen LogP contribution in [0.4, 0.5) is 4.79 Å². The molecule has 0 atom stereocenters. The van der Waals surface area contributed by atoms with Gasteiger partial charge >= 0.3 is 0 Å². The maximum Gasteiger partial charge on any atom is 0.293 e. The van der Waals surface area contributed by atoms with Crippen LogP contribution in [0.1, 0.15) is 23.6 Å². The van der Waals surface area contributed by atoms with Crippen LogP contribution in [-0.4, -0.2) is 29.7 Å². The molecule has 3 rings (SSSR count). The number of amides is 2. The number of likely N-dealkylation sites (N-methyl/N-ethyl adjacent to an activating group) is 1. The average Bonchev–Trinajstić information content (AvgIpc) is 2.93. The van der Waals surface area contributed by atoms with Gasteiger partial charge in [0.1, 0.15) is 6.61 Å². The summed E-state index contributed by atoms with van der Waals surface area (Å²) in [6.07, 6.45) is 1.64. The molecular formula is C21H20ClNO4S. The fraction of sp³-hybridized carbons (Fsp3) is 0.238. The number of halogens is 1. The van der Waals surface area contributed by atoms with Crippen molar-refractivity contribution in [1.82, 2.24) is 4.90 Å². The zero-order chi connectivity index (χ0) is 20.3. The number of hydrogen-bond acceptors (Lipinski definition) is 5. The lowest BCUT2D eigenvalue weighted by Gasteiger charge is -2.14. The molecule has 1 fully saturated rings.